The van der Waals surface area contributed by atoms with Crippen LogP contribution in [0.25, 0.3) is 0 Å². The minimum atomic E-state index is -3.77. The first-order chi connectivity index (χ1) is 11.5. The Balaban J connectivity index is 2.00. The molecule has 0 radical (unpaired) electrons. The fraction of sp³-hybridized carbons (Fsp3) is 0.333. The molecule has 0 aliphatic heterocycles. The average Bonchev–Trinajstić information content (AvgIpc) is 3.09. The van der Waals surface area contributed by atoms with Gasteiger partial charge in [-0.25, -0.2) is 13.4 Å². The lowest BCUT2D eigenvalue weighted by molar-refractivity contribution is -0.118. The molecule has 5 nitrogen and oxygen atoms in total. The van der Waals surface area contributed by atoms with Gasteiger partial charge in [0.15, 0.2) is 14.6 Å². The molecule has 0 saturated heterocycles. The van der Waals surface area contributed by atoms with Gasteiger partial charge >= 0.3 is 0 Å². The van der Waals surface area contributed by atoms with Crippen LogP contribution in [0.2, 0.25) is 0 Å². The highest BCUT2D eigenvalue weighted by molar-refractivity contribution is 7.93. The number of sulfone groups is 1. The van der Waals surface area contributed by atoms with Gasteiger partial charge < -0.3 is 5.32 Å². The highest BCUT2D eigenvalue weighted by Crippen LogP contribution is 2.41. The van der Waals surface area contributed by atoms with E-state index in [-0.39, 0.29) is 4.90 Å². The number of benzene rings is 1. The van der Waals surface area contributed by atoms with E-state index in [4.69, 9.17) is 0 Å². The van der Waals surface area contributed by atoms with Crippen molar-refractivity contribution in [2.24, 2.45) is 0 Å². The first kappa shape index (κ1) is 16.6. The third-order valence-electron chi connectivity index (χ3n) is 4.63. The first-order valence-electron chi connectivity index (χ1n) is 8.00. The van der Waals surface area contributed by atoms with E-state index in [0.29, 0.717) is 18.7 Å². The van der Waals surface area contributed by atoms with Crippen molar-refractivity contribution in [1.29, 1.82) is 0 Å². The summed E-state index contributed by atoms with van der Waals surface area (Å²) in [7, 11) is -3.77. The topological polar surface area (TPSA) is 76.1 Å². The number of nitrogens with one attached hydrogen (secondary N) is 1. The molecule has 2 aromatic rings. The molecule has 3 rings (SSSR count). The molecule has 126 valence electrons. The Hall–Kier alpha value is -2.21. The monoisotopic (exact) mass is 344 g/mol. The second-order valence-corrected chi connectivity index (χ2v) is 8.40. The lowest BCUT2D eigenvalue weighted by Gasteiger charge is -2.27. The summed E-state index contributed by atoms with van der Waals surface area (Å²) in [6.07, 6.45) is 3.70. The molecular weight excluding hydrogens is 324 g/mol. The Labute approximate surface area is 142 Å². The van der Waals surface area contributed by atoms with Gasteiger partial charge in [0.25, 0.3) is 0 Å². The summed E-state index contributed by atoms with van der Waals surface area (Å²) in [5.74, 6) is -0.0670. The molecule has 1 aromatic carbocycles. The number of rotatable bonds is 4. The van der Waals surface area contributed by atoms with E-state index in [0.717, 1.165) is 18.4 Å². The second kappa shape index (κ2) is 6.36. The van der Waals surface area contributed by atoms with Gasteiger partial charge in [0.05, 0.1) is 4.90 Å². The molecule has 1 aliphatic carbocycles. The molecule has 1 fully saturated rings. The molecule has 1 N–H and O–H groups in total. The number of anilines is 1. The molecule has 24 heavy (non-hydrogen) atoms. The predicted molar refractivity (Wildman–Crippen MR) is 92.4 cm³/mol. The number of amides is 1. The maximum atomic E-state index is 13.2. The van der Waals surface area contributed by atoms with E-state index in [1.54, 1.807) is 42.6 Å². The maximum Gasteiger partial charge on any atom is 0.247 e. The quantitative estimate of drug-likeness (QED) is 0.924. The molecular formula is C18H20N2O3S. The third kappa shape index (κ3) is 2.71. The van der Waals surface area contributed by atoms with E-state index in [1.807, 2.05) is 13.0 Å². The van der Waals surface area contributed by atoms with Crippen molar-refractivity contribution < 1.29 is 13.2 Å². The summed E-state index contributed by atoms with van der Waals surface area (Å²) in [5, 5.41) is 2.74. The van der Waals surface area contributed by atoms with Crippen molar-refractivity contribution >= 4 is 21.6 Å². The maximum absolute atomic E-state index is 13.2. The summed E-state index contributed by atoms with van der Waals surface area (Å²) in [6.45, 7) is 1.83. The van der Waals surface area contributed by atoms with E-state index >= 15 is 0 Å². The molecule has 1 aromatic heterocycles. The zero-order valence-electron chi connectivity index (χ0n) is 13.5. The zero-order chi connectivity index (χ0) is 17.2. The molecule has 6 heteroatoms. The Morgan fingerprint density at radius 2 is 1.75 bits per heavy atom. The van der Waals surface area contributed by atoms with Crippen LogP contribution < -0.4 is 5.32 Å². The minimum absolute atomic E-state index is 0.194. The van der Waals surface area contributed by atoms with Crippen LogP contribution in [-0.2, 0) is 14.6 Å². The first-order valence-corrected chi connectivity index (χ1v) is 9.48. The van der Waals surface area contributed by atoms with Gasteiger partial charge in [-0.2, -0.15) is 0 Å². The van der Waals surface area contributed by atoms with Gasteiger partial charge in [0.2, 0.25) is 5.91 Å². The van der Waals surface area contributed by atoms with Gasteiger partial charge in [-0.15, -0.1) is 0 Å². The number of hydrogen-bond acceptors (Lipinski definition) is 4. The van der Waals surface area contributed by atoms with Crippen molar-refractivity contribution in [2.45, 2.75) is 42.2 Å². The fourth-order valence-corrected chi connectivity index (χ4v) is 5.32. The highest BCUT2D eigenvalue weighted by atomic mass is 32.2. The van der Waals surface area contributed by atoms with Crippen LogP contribution in [-0.4, -0.2) is 24.1 Å². The van der Waals surface area contributed by atoms with Crippen molar-refractivity contribution in [1.82, 2.24) is 4.98 Å². The predicted octanol–water partition coefficient (Wildman–Crippen LogP) is 3.12. The molecule has 1 saturated carbocycles. The Morgan fingerprint density at radius 3 is 2.38 bits per heavy atom. The average molecular weight is 344 g/mol. The smallest absolute Gasteiger partial charge is 0.247 e. The van der Waals surface area contributed by atoms with Gasteiger partial charge in [0, 0.05) is 6.20 Å². The molecule has 0 bridgehead atoms. The third-order valence-corrected chi connectivity index (χ3v) is 7.15. The van der Waals surface area contributed by atoms with E-state index in [1.165, 1.54) is 0 Å². The summed E-state index contributed by atoms with van der Waals surface area (Å²) in [6, 6.07) is 11.8. The van der Waals surface area contributed by atoms with Gasteiger partial charge in [0.1, 0.15) is 5.82 Å². The van der Waals surface area contributed by atoms with Crippen LogP contribution in [0.3, 0.4) is 0 Å². The number of aryl methyl sites for hydroxylation is 1. The lowest BCUT2D eigenvalue weighted by atomic mass is 10.1. The van der Waals surface area contributed by atoms with Crippen molar-refractivity contribution in [3.05, 3.63) is 54.2 Å². The van der Waals surface area contributed by atoms with E-state index in [9.17, 15) is 13.2 Å². The van der Waals surface area contributed by atoms with Crippen LogP contribution in [0.1, 0.15) is 31.2 Å². The van der Waals surface area contributed by atoms with Gasteiger partial charge in [-0.3, -0.25) is 4.79 Å². The van der Waals surface area contributed by atoms with Crippen LogP contribution >= 0.6 is 0 Å². The van der Waals surface area contributed by atoms with Gasteiger partial charge in [-0.1, -0.05) is 37.1 Å². The largest absolute Gasteiger partial charge is 0.309 e. The fourth-order valence-electron chi connectivity index (χ4n) is 3.23. The minimum Gasteiger partial charge on any atom is -0.309 e. The molecule has 0 atom stereocenters. The second-order valence-electron chi connectivity index (χ2n) is 6.14. The van der Waals surface area contributed by atoms with Crippen LogP contribution in [0.4, 0.5) is 5.82 Å². The Morgan fingerprint density at radius 1 is 1.08 bits per heavy atom. The molecule has 1 amide bonds. The SMILES string of the molecule is Cc1cccnc1NC(=O)C1(S(=O)(=O)c2ccccc2)CCCC1. The number of nitrogens with zero attached hydrogens (tertiary/aromatic N) is 1. The standard InChI is InChI=1S/C18H20N2O3S/c1-14-8-7-13-19-16(14)20-17(21)18(11-5-6-12-18)24(22,23)15-9-3-2-4-10-15/h2-4,7-10,13H,5-6,11-12H2,1H3,(H,19,20,21). The number of carbonyl (C=O) groups is 1. The summed E-state index contributed by atoms with van der Waals surface area (Å²) in [5.41, 5.74) is 0.802. The summed E-state index contributed by atoms with van der Waals surface area (Å²) < 4.78 is 25.0. The van der Waals surface area contributed by atoms with E-state index < -0.39 is 20.5 Å². The van der Waals surface area contributed by atoms with Crippen molar-refractivity contribution in [3.63, 3.8) is 0 Å². The van der Waals surface area contributed by atoms with Crippen LogP contribution in [0.15, 0.2) is 53.6 Å². The lowest BCUT2D eigenvalue weighted by Crippen LogP contribution is -2.47. The summed E-state index contributed by atoms with van der Waals surface area (Å²) >= 11 is 0. The van der Waals surface area contributed by atoms with Gasteiger partial charge in [-0.05, 0) is 43.5 Å². The van der Waals surface area contributed by atoms with Crippen molar-refractivity contribution in [2.75, 3.05) is 5.32 Å². The highest BCUT2D eigenvalue weighted by Gasteiger charge is 2.53. The van der Waals surface area contributed by atoms with Crippen molar-refractivity contribution in [3.8, 4) is 0 Å². The molecule has 1 aliphatic rings. The van der Waals surface area contributed by atoms with E-state index in [2.05, 4.69) is 10.3 Å². The summed E-state index contributed by atoms with van der Waals surface area (Å²) in [4.78, 5) is 17.3. The number of aromatic nitrogens is 1. The van der Waals surface area contributed by atoms with Crippen LogP contribution in [0, 0.1) is 6.92 Å². The van der Waals surface area contributed by atoms with Crippen LogP contribution in [0.5, 0.6) is 0 Å². The Kier molecular flexibility index (Phi) is 4.41. The number of hydrogen-bond donors (Lipinski definition) is 1. The zero-order valence-corrected chi connectivity index (χ0v) is 14.3. The Bertz CT molecular complexity index is 842. The number of carbonyl (C=O) groups excluding carboxylic acids is 1. The normalized spacial score (nSPS) is 16.7. The molecule has 1 heterocycles. The molecule has 0 unspecified atom stereocenters. The molecule has 0 spiro atoms. The number of pyridine rings is 1.